The van der Waals surface area contributed by atoms with Crippen molar-refractivity contribution in [3.63, 3.8) is 0 Å². The Balaban J connectivity index is 1.39. The highest BCUT2D eigenvalue weighted by atomic mass is 32.1. The number of amides is 2. The normalized spacial score (nSPS) is 25.4. The van der Waals surface area contributed by atoms with Crippen molar-refractivity contribution >= 4 is 23.2 Å². The van der Waals surface area contributed by atoms with Gasteiger partial charge in [-0.3, -0.25) is 9.59 Å². The summed E-state index contributed by atoms with van der Waals surface area (Å²) in [5, 5.41) is 6.34. The van der Waals surface area contributed by atoms with Gasteiger partial charge in [-0.25, -0.2) is 4.98 Å². The summed E-state index contributed by atoms with van der Waals surface area (Å²) < 4.78 is 0. The average Bonchev–Trinajstić information content (AvgIpc) is 3.50. The lowest BCUT2D eigenvalue weighted by atomic mass is 9.96. The zero-order chi connectivity index (χ0) is 16.7. The quantitative estimate of drug-likeness (QED) is 0.891. The highest BCUT2D eigenvalue weighted by Crippen LogP contribution is 2.42. The third kappa shape index (κ3) is 3.48. The van der Waals surface area contributed by atoms with Crippen LogP contribution in [0.1, 0.15) is 55.3 Å². The molecule has 0 bridgehead atoms. The van der Waals surface area contributed by atoms with E-state index < -0.39 is 0 Å². The molecule has 0 spiro atoms. The molecule has 2 saturated carbocycles. The molecule has 2 heterocycles. The topological polar surface area (TPSA) is 62.3 Å². The number of piperidine rings is 1. The maximum Gasteiger partial charge on any atom is 0.225 e. The highest BCUT2D eigenvalue weighted by molar-refractivity contribution is 7.09. The Labute approximate surface area is 146 Å². The first-order valence-electron chi connectivity index (χ1n) is 9.13. The Hall–Kier alpha value is -1.43. The Kier molecular flexibility index (Phi) is 4.33. The number of hydrogen-bond donors (Lipinski definition) is 1. The van der Waals surface area contributed by atoms with Gasteiger partial charge in [0.1, 0.15) is 5.01 Å². The molecule has 2 atom stereocenters. The van der Waals surface area contributed by atoms with Crippen molar-refractivity contribution < 1.29 is 9.59 Å². The van der Waals surface area contributed by atoms with Crippen molar-refractivity contribution in [2.24, 2.45) is 17.8 Å². The van der Waals surface area contributed by atoms with Crippen LogP contribution in [0.2, 0.25) is 0 Å². The van der Waals surface area contributed by atoms with Gasteiger partial charge in [0.05, 0.1) is 12.0 Å². The molecule has 1 aliphatic heterocycles. The predicted octanol–water partition coefficient (Wildman–Crippen LogP) is 2.67. The van der Waals surface area contributed by atoms with Crippen molar-refractivity contribution in [3.05, 3.63) is 16.1 Å². The van der Waals surface area contributed by atoms with Gasteiger partial charge in [0, 0.05) is 30.1 Å². The van der Waals surface area contributed by atoms with Crippen LogP contribution < -0.4 is 5.32 Å². The number of carbonyl (C=O) groups excluding carboxylic acids is 2. The summed E-state index contributed by atoms with van der Waals surface area (Å²) in [5.74, 6) is 1.08. The first kappa shape index (κ1) is 16.1. The minimum absolute atomic E-state index is 0.0608. The van der Waals surface area contributed by atoms with Crippen molar-refractivity contribution in [1.29, 1.82) is 0 Å². The molecule has 2 aliphatic carbocycles. The molecule has 5 nitrogen and oxygen atoms in total. The van der Waals surface area contributed by atoms with Gasteiger partial charge in [0.25, 0.3) is 0 Å². The Bertz CT molecular complexity index is 636. The number of hydrogen-bond acceptors (Lipinski definition) is 4. The predicted molar refractivity (Wildman–Crippen MR) is 92.5 cm³/mol. The van der Waals surface area contributed by atoms with Crippen LogP contribution in [-0.2, 0) is 9.59 Å². The van der Waals surface area contributed by atoms with Crippen molar-refractivity contribution in [2.75, 3.05) is 13.1 Å². The summed E-state index contributed by atoms with van der Waals surface area (Å²) in [7, 11) is 0. The summed E-state index contributed by atoms with van der Waals surface area (Å²) in [6, 6.07) is 0.0608. The number of nitrogens with zero attached hydrogens (tertiary/aromatic N) is 2. The number of thiazole rings is 1. The molecule has 0 radical (unpaired) electrons. The SMILES string of the molecule is Cc1csc([C@@H](NC(=O)[C@H]2CCCN(C(=O)C3CC3)C2)C2CC2)n1. The fourth-order valence-corrected chi connectivity index (χ4v) is 4.52. The molecule has 2 amide bonds. The van der Waals surface area contributed by atoms with Gasteiger partial charge in [-0.1, -0.05) is 0 Å². The van der Waals surface area contributed by atoms with Crippen molar-refractivity contribution in [2.45, 2.75) is 51.5 Å². The molecule has 1 saturated heterocycles. The highest BCUT2D eigenvalue weighted by Gasteiger charge is 2.39. The van der Waals surface area contributed by atoms with E-state index in [4.69, 9.17) is 0 Å². The molecule has 4 rings (SSSR count). The van der Waals surface area contributed by atoms with E-state index in [9.17, 15) is 9.59 Å². The average molecular weight is 347 g/mol. The summed E-state index contributed by atoms with van der Waals surface area (Å²) in [6.45, 7) is 3.40. The Morgan fingerprint density at radius 3 is 2.67 bits per heavy atom. The van der Waals surface area contributed by atoms with Crippen LogP contribution in [0.5, 0.6) is 0 Å². The van der Waals surface area contributed by atoms with E-state index >= 15 is 0 Å². The van der Waals surface area contributed by atoms with Gasteiger partial charge < -0.3 is 10.2 Å². The summed E-state index contributed by atoms with van der Waals surface area (Å²) in [4.78, 5) is 31.6. The maximum atomic E-state index is 12.8. The van der Waals surface area contributed by atoms with Crippen LogP contribution in [-0.4, -0.2) is 34.8 Å². The van der Waals surface area contributed by atoms with Crippen LogP contribution in [0.25, 0.3) is 0 Å². The van der Waals surface area contributed by atoms with Crippen molar-refractivity contribution in [1.82, 2.24) is 15.2 Å². The molecule has 24 heavy (non-hydrogen) atoms. The zero-order valence-electron chi connectivity index (χ0n) is 14.2. The molecular weight excluding hydrogens is 322 g/mol. The monoisotopic (exact) mass is 347 g/mol. The van der Waals surface area contributed by atoms with Crippen LogP contribution in [0.3, 0.4) is 0 Å². The zero-order valence-corrected chi connectivity index (χ0v) is 15.0. The van der Waals surface area contributed by atoms with Gasteiger partial charge >= 0.3 is 0 Å². The third-order valence-electron chi connectivity index (χ3n) is 5.32. The molecule has 130 valence electrons. The second kappa shape index (κ2) is 6.47. The van der Waals surface area contributed by atoms with E-state index in [0.717, 1.165) is 42.9 Å². The van der Waals surface area contributed by atoms with Gasteiger partial charge in [0.15, 0.2) is 0 Å². The van der Waals surface area contributed by atoms with E-state index in [-0.39, 0.29) is 29.7 Å². The molecule has 0 unspecified atom stereocenters. The smallest absolute Gasteiger partial charge is 0.225 e. The number of likely N-dealkylation sites (tertiary alicyclic amines) is 1. The van der Waals surface area contributed by atoms with Crippen LogP contribution in [0, 0.1) is 24.7 Å². The summed E-state index contributed by atoms with van der Waals surface area (Å²) >= 11 is 1.64. The molecule has 1 aromatic heterocycles. The first-order chi connectivity index (χ1) is 11.6. The third-order valence-corrected chi connectivity index (χ3v) is 6.37. The second-order valence-corrected chi connectivity index (χ2v) is 8.44. The lowest BCUT2D eigenvalue weighted by Gasteiger charge is -2.33. The largest absolute Gasteiger partial charge is 0.346 e. The fourth-order valence-electron chi connectivity index (χ4n) is 3.58. The van der Waals surface area contributed by atoms with Gasteiger partial charge in [-0.15, -0.1) is 11.3 Å². The van der Waals surface area contributed by atoms with Crippen LogP contribution in [0.4, 0.5) is 0 Å². The Morgan fingerprint density at radius 1 is 1.25 bits per heavy atom. The van der Waals surface area contributed by atoms with E-state index in [2.05, 4.69) is 10.3 Å². The Morgan fingerprint density at radius 2 is 2.04 bits per heavy atom. The minimum atomic E-state index is -0.0660. The standard InChI is InChI=1S/C18H25N3O2S/c1-11-10-24-17(19-11)15(12-4-5-12)20-16(22)14-3-2-8-21(9-14)18(23)13-6-7-13/h10,12-15H,2-9H2,1H3,(H,20,22)/t14-,15-/m0/s1. The molecule has 3 fully saturated rings. The number of rotatable bonds is 5. The first-order valence-corrected chi connectivity index (χ1v) is 10.0. The van der Waals surface area contributed by atoms with Gasteiger partial charge in [-0.2, -0.15) is 0 Å². The number of aryl methyl sites for hydroxylation is 1. The summed E-state index contributed by atoms with van der Waals surface area (Å²) in [6.07, 6.45) is 6.20. The fraction of sp³-hybridized carbons (Fsp3) is 0.722. The number of aromatic nitrogens is 1. The van der Waals surface area contributed by atoms with Crippen LogP contribution >= 0.6 is 11.3 Å². The molecule has 6 heteroatoms. The van der Waals surface area contributed by atoms with E-state index in [1.165, 1.54) is 12.8 Å². The molecular formula is C18H25N3O2S. The lowest BCUT2D eigenvalue weighted by molar-refractivity contribution is -0.137. The minimum Gasteiger partial charge on any atom is -0.346 e. The van der Waals surface area contributed by atoms with Crippen molar-refractivity contribution in [3.8, 4) is 0 Å². The second-order valence-electron chi connectivity index (χ2n) is 7.55. The van der Waals surface area contributed by atoms with Crippen LogP contribution in [0.15, 0.2) is 5.38 Å². The molecule has 1 aromatic rings. The molecule has 3 aliphatic rings. The van der Waals surface area contributed by atoms with E-state index in [1.54, 1.807) is 11.3 Å². The van der Waals surface area contributed by atoms with E-state index in [1.807, 2.05) is 17.2 Å². The lowest BCUT2D eigenvalue weighted by Crippen LogP contribution is -2.46. The van der Waals surface area contributed by atoms with Gasteiger partial charge in [0.2, 0.25) is 11.8 Å². The maximum absolute atomic E-state index is 12.8. The molecule has 0 aromatic carbocycles. The number of carbonyl (C=O) groups is 2. The number of nitrogens with one attached hydrogen (secondary N) is 1. The van der Waals surface area contributed by atoms with Gasteiger partial charge in [-0.05, 0) is 51.4 Å². The summed E-state index contributed by atoms with van der Waals surface area (Å²) in [5.41, 5.74) is 1.02. The molecule has 1 N–H and O–H groups in total. The van der Waals surface area contributed by atoms with E-state index in [0.29, 0.717) is 12.5 Å².